The minimum Gasteiger partial charge on any atom is -0.390 e. The molecule has 9 nitrogen and oxygen atoms in total. The van der Waals surface area contributed by atoms with E-state index in [-0.39, 0.29) is 55.1 Å². The van der Waals surface area contributed by atoms with E-state index in [0.29, 0.717) is 6.54 Å². The minimum atomic E-state index is -3.96. The fraction of sp³-hybridized carbons (Fsp3) is 0.429. The Morgan fingerprint density at radius 2 is 1.38 bits per heavy atom. The highest BCUT2D eigenvalue weighted by molar-refractivity contribution is 7.89. The molecule has 2 amide bonds. The van der Waals surface area contributed by atoms with Gasteiger partial charge in [0.05, 0.1) is 23.6 Å². The Morgan fingerprint density at radius 3 is 1.93 bits per heavy atom. The molecule has 0 unspecified atom stereocenters. The molecule has 45 heavy (non-hydrogen) atoms. The molecule has 244 valence electrons. The first kappa shape index (κ1) is 35.9. The number of benzene rings is 3. The molecule has 3 aromatic rings. The first-order chi connectivity index (χ1) is 21.5. The zero-order valence-corrected chi connectivity index (χ0v) is 27.6. The minimum absolute atomic E-state index is 0.0261. The van der Waals surface area contributed by atoms with Crippen LogP contribution in [0.2, 0.25) is 0 Å². The molecule has 0 saturated carbocycles. The maximum atomic E-state index is 13.8. The number of nitrogens with zero attached hydrogens (tertiary/aromatic N) is 2. The second kappa shape index (κ2) is 17.8. The van der Waals surface area contributed by atoms with Gasteiger partial charge >= 0.3 is 0 Å². The van der Waals surface area contributed by atoms with Gasteiger partial charge in [0.25, 0.3) is 5.91 Å². The van der Waals surface area contributed by atoms with Crippen LogP contribution in [0.25, 0.3) is 0 Å². The summed E-state index contributed by atoms with van der Waals surface area (Å²) in [5.74, 6) is -0.771. The largest absolute Gasteiger partial charge is 0.390 e. The number of nitrogens with one attached hydrogen (secondary N) is 2. The van der Waals surface area contributed by atoms with Crippen molar-refractivity contribution in [3.05, 3.63) is 102 Å². The summed E-state index contributed by atoms with van der Waals surface area (Å²) < 4.78 is 28.8. The lowest BCUT2D eigenvalue weighted by Gasteiger charge is -2.37. The van der Waals surface area contributed by atoms with Gasteiger partial charge in [-0.2, -0.15) is 4.31 Å². The third kappa shape index (κ3) is 11.4. The lowest BCUT2D eigenvalue weighted by atomic mass is 9.98. The highest BCUT2D eigenvalue weighted by atomic mass is 32.2. The highest BCUT2D eigenvalue weighted by Gasteiger charge is 2.36. The van der Waals surface area contributed by atoms with Crippen LogP contribution in [-0.4, -0.2) is 66.4 Å². The smallest absolute Gasteiger partial charge is 0.252 e. The zero-order valence-electron chi connectivity index (χ0n) is 26.8. The molecular formula is C35H48N4O5S. The molecule has 0 heterocycles. The lowest BCUT2D eigenvalue weighted by molar-refractivity contribution is -0.148. The Balaban J connectivity index is 1.93. The van der Waals surface area contributed by atoms with Crippen molar-refractivity contribution in [1.82, 2.24) is 20.1 Å². The zero-order chi connectivity index (χ0) is 32.8. The molecule has 3 aromatic carbocycles. The Morgan fingerprint density at radius 1 is 0.822 bits per heavy atom. The van der Waals surface area contributed by atoms with Crippen molar-refractivity contribution in [2.45, 2.75) is 70.5 Å². The monoisotopic (exact) mass is 636 g/mol. The van der Waals surface area contributed by atoms with Crippen molar-refractivity contribution in [2.24, 2.45) is 11.8 Å². The lowest BCUT2D eigenvalue weighted by Crippen LogP contribution is -2.60. The van der Waals surface area contributed by atoms with Gasteiger partial charge in [-0.3, -0.25) is 15.0 Å². The van der Waals surface area contributed by atoms with Crippen LogP contribution < -0.4 is 10.7 Å². The number of amides is 2. The Labute approximate surface area is 268 Å². The quantitative estimate of drug-likeness (QED) is 0.189. The molecule has 0 aromatic heterocycles. The van der Waals surface area contributed by atoms with Crippen LogP contribution in [0.3, 0.4) is 0 Å². The number of rotatable bonds is 17. The maximum Gasteiger partial charge on any atom is 0.252 e. The Kier molecular flexibility index (Phi) is 14.2. The maximum absolute atomic E-state index is 13.8. The van der Waals surface area contributed by atoms with Crippen LogP contribution in [0.5, 0.6) is 0 Å². The van der Waals surface area contributed by atoms with Crippen LogP contribution in [0.1, 0.15) is 51.7 Å². The summed E-state index contributed by atoms with van der Waals surface area (Å²) in [5.41, 5.74) is 4.62. The SMILES string of the molecule is CC[C@H](C)CC(=O)N(NC(=O)CNCc1ccccc1)[C@@H](Cc1ccccc1)[C@H](O)CN(CC(C)C)S(=O)(=O)c1ccccc1. The van der Waals surface area contributed by atoms with E-state index >= 15 is 0 Å². The fourth-order valence-electron chi connectivity index (χ4n) is 4.97. The summed E-state index contributed by atoms with van der Waals surface area (Å²) in [6, 6.07) is 26.2. The Hall–Kier alpha value is -3.57. The predicted octanol–water partition coefficient (Wildman–Crippen LogP) is 4.39. The summed E-state index contributed by atoms with van der Waals surface area (Å²) in [5, 5.41) is 16.2. The van der Waals surface area contributed by atoms with Gasteiger partial charge in [-0.1, -0.05) is 113 Å². The van der Waals surface area contributed by atoms with Crippen molar-refractivity contribution in [1.29, 1.82) is 0 Å². The first-order valence-corrected chi connectivity index (χ1v) is 17.1. The highest BCUT2D eigenvalue weighted by Crippen LogP contribution is 2.21. The third-order valence-corrected chi connectivity index (χ3v) is 9.44. The number of hydrogen-bond acceptors (Lipinski definition) is 6. The van der Waals surface area contributed by atoms with Gasteiger partial charge < -0.3 is 10.4 Å². The van der Waals surface area contributed by atoms with Crippen molar-refractivity contribution in [3.63, 3.8) is 0 Å². The van der Waals surface area contributed by atoms with Crippen molar-refractivity contribution in [2.75, 3.05) is 19.6 Å². The van der Waals surface area contributed by atoms with Gasteiger partial charge in [-0.25, -0.2) is 13.4 Å². The van der Waals surface area contributed by atoms with Gasteiger partial charge in [0.1, 0.15) is 0 Å². The molecule has 0 aliphatic rings. The average molecular weight is 637 g/mol. The van der Waals surface area contributed by atoms with E-state index in [4.69, 9.17) is 0 Å². The normalized spacial score (nSPS) is 13.8. The molecule has 0 fully saturated rings. The standard InChI is InChI=1S/C35H48N4O5S/c1-5-28(4)21-35(42)39(37-34(41)24-36-23-30-17-11-7-12-18-30)32(22-29-15-9-6-10-16-29)33(40)26-38(25-27(2)3)45(43,44)31-19-13-8-14-20-31/h6-20,27-28,32-33,36,40H,5,21-26H2,1-4H3,(H,37,41)/t28-,32-,33+/m0/s1. The van der Waals surface area contributed by atoms with E-state index in [9.17, 15) is 23.1 Å². The third-order valence-electron chi connectivity index (χ3n) is 7.60. The molecule has 3 atom stereocenters. The molecule has 0 aliphatic heterocycles. The van der Waals surface area contributed by atoms with E-state index in [1.54, 1.807) is 18.2 Å². The number of carbonyl (C=O) groups excluding carboxylic acids is 2. The molecule has 0 radical (unpaired) electrons. The van der Waals surface area contributed by atoms with Crippen molar-refractivity contribution in [3.8, 4) is 0 Å². The van der Waals surface area contributed by atoms with Gasteiger partial charge in [0.15, 0.2) is 0 Å². The Bertz CT molecular complexity index is 1420. The first-order valence-electron chi connectivity index (χ1n) is 15.6. The van der Waals surface area contributed by atoms with Crippen LogP contribution in [0, 0.1) is 11.8 Å². The second-order valence-corrected chi connectivity index (χ2v) is 13.9. The molecule has 0 spiro atoms. The number of hydrogen-bond donors (Lipinski definition) is 3. The molecule has 10 heteroatoms. The van der Waals surface area contributed by atoms with Gasteiger partial charge in [-0.15, -0.1) is 0 Å². The summed E-state index contributed by atoms with van der Waals surface area (Å²) in [4.78, 5) is 27.2. The number of sulfonamides is 1. The van der Waals surface area contributed by atoms with Crippen LogP contribution in [0.15, 0.2) is 95.9 Å². The topological polar surface area (TPSA) is 119 Å². The van der Waals surface area contributed by atoms with E-state index in [2.05, 4.69) is 10.7 Å². The summed E-state index contributed by atoms with van der Waals surface area (Å²) in [6.45, 7) is 8.08. The van der Waals surface area contributed by atoms with E-state index < -0.39 is 28.1 Å². The van der Waals surface area contributed by atoms with Crippen molar-refractivity contribution < 1.29 is 23.1 Å². The van der Waals surface area contributed by atoms with E-state index in [0.717, 1.165) is 17.5 Å². The summed E-state index contributed by atoms with van der Waals surface area (Å²) in [6.07, 6.45) is -0.201. The van der Waals surface area contributed by atoms with Gasteiger partial charge in [-0.05, 0) is 41.5 Å². The fourth-order valence-corrected chi connectivity index (χ4v) is 6.61. The molecule has 3 rings (SSSR count). The van der Waals surface area contributed by atoms with Gasteiger partial charge in [0.2, 0.25) is 15.9 Å². The molecule has 3 N–H and O–H groups in total. The molecule has 0 saturated heterocycles. The van der Waals surface area contributed by atoms with Crippen molar-refractivity contribution >= 4 is 21.8 Å². The number of aliphatic hydroxyl groups excluding tert-OH is 1. The number of aliphatic hydroxyl groups is 1. The van der Waals surface area contributed by atoms with Crippen LogP contribution >= 0.6 is 0 Å². The van der Waals surface area contributed by atoms with Crippen LogP contribution in [0.4, 0.5) is 0 Å². The van der Waals surface area contributed by atoms with E-state index in [1.807, 2.05) is 88.4 Å². The van der Waals surface area contributed by atoms with Crippen LogP contribution in [-0.2, 0) is 32.6 Å². The predicted molar refractivity (Wildman–Crippen MR) is 177 cm³/mol. The summed E-state index contributed by atoms with van der Waals surface area (Å²) >= 11 is 0. The summed E-state index contributed by atoms with van der Waals surface area (Å²) in [7, 11) is -3.96. The number of carbonyl (C=O) groups is 2. The molecular weight excluding hydrogens is 588 g/mol. The molecule has 0 aliphatic carbocycles. The second-order valence-electron chi connectivity index (χ2n) is 12.0. The average Bonchev–Trinajstić information content (AvgIpc) is 3.03. The van der Waals surface area contributed by atoms with Gasteiger partial charge in [0, 0.05) is 26.1 Å². The van der Waals surface area contributed by atoms with E-state index in [1.165, 1.54) is 21.4 Å². The molecule has 0 bridgehead atoms. The number of hydrazine groups is 1.